The standard InChI is InChI=1S/C11H11BrN2O3S2/c12-8-3-4-18-11(8)6-14-19(16,17)7-1-2-10(15)9(13)5-7/h1-5,14-15H,6,13H2. The molecule has 1 aromatic heterocycles. The van der Waals surface area contributed by atoms with Crippen molar-refractivity contribution in [1.29, 1.82) is 0 Å². The van der Waals surface area contributed by atoms with E-state index in [1.807, 2.05) is 11.4 Å². The summed E-state index contributed by atoms with van der Waals surface area (Å²) in [5.74, 6) is -0.139. The lowest BCUT2D eigenvalue weighted by Gasteiger charge is -2.07. The second-order valence-electron chi connectivity index (χ2n) is 3.74. The Morgan fingerprint density at radius 1 is 1.37 bits per heavy atom. The Kier molecular flexibility index (Phi) is 4.14. The molecule has 0 atom stereocenters. The first kappa shape index (κ1) is 14.3. The Bertz CT molecular complexity index is 698. The first-order chi connectivity index (χ1) is 8.90. The zero-order valence-electron chi connectivity index (χ0n) is 9.63. The van der Waals surface area contributed by atoms with Gasteiger partial charge in [0.05, 0.1) is 10.6 Å². The third-order valence-electron chi connectivity index (χ3n) is 2.42. The van der Waals surface area contributed by atoms with E-state index >= 15 is 0 Å². The minimum atomic E-state index is -3.65. The molecule has 8 heteroatoms. The van der Waals surface area contributed by atoms with Crippen LogP contribution in [0.25, 0.3) is 0 Å². The van der Waals surface area contributed by atoms with E-state index in [0.717, 1.165) is 9.35 Å². The summed E-state index contributed by atoms with van der Waals surface area (Å²) >= 11 is 4.79. The molecular formula is C11H11BrN2O3S2. The molecule has 1 aromatic carbocycles. The molecule has 0 saturated heterocycles. The molecule has 0 saturated carbocycles. The average Bonchev–Trinajstić information content (AvgIpc) is 2.76. The van der Waals surface area contributed by atoms with Crippen molar-refractivity contribution in [2.24, 2.45) is 0 Å². The van der Waals surface area contributed by atoms with Gasteiger partial charge in [-0.1, -0.05) is 0 Å². The van der Waals surface area contributed by atoms with Crippen LogP contribution in [0.15, 0.2) is 39.0 Å². The lowest BCUT2D eigenvalue weighted by atomic mass is 10.3. The van der Waals surface area contributed by atoms with Crippen molar-refractivity contribution in [3.05, 3.63) is 39.0 Å². The summed E-state index contributed by atoms with van der Waals surface area (Å²) in [5.41, 5.74) is 5.51. The summed E-state index contributed by atoms with van der Waals surface area (Å²) in [4.78, 5) is 0.908. The molecule has 0 aliphatic carbocycles. The van der Waals surface area contributed by atoms with Gasteiger partial charge in [0.15, 0.2) is 0 Å². The third kappa shape index (κ3) is 3.27. The van der Waals surface area contributed by atoms with Crippen LogP contribution in [-0.4, -0.2) is 13.5 Å². The van der Waals surface area contributed by atoms with Gasteiger partial charge < -0.3 is 10.8 Å². The van der Waals surface area contributed by atoms with E-state index in [1.165, 1.54) is 29.5 Å². The number of benzene rings is 1. The Morgan fingerprint density at radius 3 is 2.68 bits per heavy atom. The van der Waals surface area contributed by atoms with Crippen molar-refractivity contribution in [2.75, 3.05) is 5.73 Å². The third-order valence-corrected chi connectivity index (χ3v) is 5.75. The Labute approximate surface area is 123 Å². The second-order valence-corrected chi connectivity index (χ2v) is 7.36. The Hall–Kier alpha value is -1.09. The van der Waals surface area contributed by atoms with Crippen LogP contribution in [-0.2, 0) is 16.6 Å². The quantitative estimate of drug-likeness (QED) is 0.574. The number of nitrogens with one attached hydrogen (secondary N) is 1. The Morgan fingerprint density at radius 2 is 2.11 bits per heavy atom. The molecule has 2 aromatic rings. The molecular weight excluding hydrogens is 352 g/mol. The number of halogens is 1. The fourth-order valence-electron chi connectivity index (χ4n) is 1.39. The smallest absolute Gasteiger partial charge is 0.240 e. The van der Waals surface area contributed by atoms with E-state index < -0.39 is 10.0 Å². The molecule has 1 heterocycles. The number of hydrogen-bond donors (Lipinski definition) is 3. The number of rotatable bonds is 4. The molecule has 0 spiro atoms. The average molecular weight is 363 g/mol. The van der Waals surface area contributed by atoms with Crippen LogP contribution in [0.5, 0.6) is 5.75 Å². The summed E-state index contributed by atoms with van der Waals surface area (Å²) in [7, 11) is -3.65. The Balaban J connectivity index is 2.18. The maximum Gasteiger partial charge on any atom is 0.240 e. The van der Waals surface area contributed by atoms with Crippen LogP contribution < -0.4 is 10.5 Å². The van der Waals surface area contributed by atoms with Crippen LogP contribution >= 0.6 is 27.3 Å². The fraction of sp³-hybridized carbons (Fsp3) is 0.0909. The van der Waals surface area contributed by atoms with Crippen LogP contribution in [0, 0.1) is 0 Å². The molecule has 19 heavy (non-hydrogen) atoms. The first-order valence-electron chi connectivity index (χ1n) is 5.20. The maximum atomic E-state index is 12.0. The highest BCUT2D eigenvalue weighted by atomic mass is 79.9. The number of thiophene rings is 1. The van der Waals surface area contributed by atoms with Crippen molar-refractivity contribution >= 4 is 43.0 Å². The van der Waals surface area contributed by atoms with Crippen molar-refractivity contribution in [2.45, 2.75) is 11.4 Å². The van der Waals surface area contributed by atoms with E-state index in [4.69, 9.17) is 5.73 Å². The summed E-state index contributed by atoms with van der Waals surface area (Å²) in [6.07, 6.45) is 0. The zero-order valence-corrected chi connectivity index (χ0v) is 12.8. The number of nitrogen functional groups attached to an aromatic ring is 1. The molecule has 0 unspecified atom stereocenters. The highest BCUT2D eigenvalue weighted by Gasteiger charge is 2.16. The molecule has 0 bridgehead atoms. The van der Waals surface area contributed by atoms with Gasteiger partial charge in [0, 0.05) is 15.9 Å². The minimum Gasteiger partial charge on any atom is -0.506 e. The van der Waals surface area contributed by atoms with Gasteiger partial charge >= 0.3 is 0 Å². The monoisotopic (exact) mass is 362 g/mol. The number of hydrogen-bond acceptors (Lipinski definition) is 5. The van der Waals surface area contributed by atoms with Gasteiger partial charge in [0.25, 0.3) is 0 Å². The molecule has 102 valence electrons. The minimum absolute atomic E-state index is 0.0236. The summed E-state index contributed by atoms with van der Waals surface area (Å²) in [5, 5.41) is 11.1. The van der Waals surface area contributed by atoms with E-state index in [9.17, 15) is 13.5 Å². The number of anilines is 1. The number of sulfonamides is 1. The summed E-state index contributed by atoms with van der Waals surface area (Å²) in [6.45, 7) is 0.196. The fourth-order valence-corrected chi connectivity index (χ4v) is 3.95. The molecule has 0 aliphatic rings. The van der Waals surface area contributed by atoms with Crippen LogP contribution in [0.4, 0.5) is 5.69 Å². The SMILES string of the molecule is Nc1cc(S(=O)(=O)NCc2sccc2Br)ccc1O. The predicted octanol–water partition coefficient (Wildman–Crippen LogP) is 2.28. The highest BCUT2D eigenvalue weighted by Crippen LogP contribution is 2.25. The maximum absolute atomic E-state index is 12.0. The number of aromatic hydroxyl groups is 1. The topological polar surface area (TPSA) is 92.4 Å². The lowest BCUT2D eigenvalue weighted by molar-refractivity contribution is 0.477. The highest BCUT2D eigenvalue weighted by molar-refractivity contribution is 9.10. The van der Waals surface area contributed by atoms with Crippen LogP contribution in [0.3, 0.4) is 0 Å². The zero-order chi connectivity index (χ0) is 14.0. The van der Waals surface area contributed by atoms with Gasteiger partial charge in [-0.15, -0.1) is 11.3 Å². The number of nitrogens with two attached hydrogens (primary N) is 1. The van der Waals surface area contributed by atoms with E-state index in [0.29, 0.717) is 0 Å². The predicted molar refractivity (Wildman–Crippen MR) is 78.6 cm³/mol. The molecule has 0 amide bonds. The van der Waals surface area contributed by atoms with Crippen molar-refractivity contribution < 1.29 is 13.5 Å². The van der Waals surface area contributed by atoms with Crippen LogP contribution in [0.2, 0.25) is 0 Å². The molecule has 0 radical (unpaired) electrons. The lowest BCUT2D eigenvalue weighted by Crippen LogP contribution is -2.23. The van der Waals surface area contributed by atoms with E-state index in [1.54, 1.807) is 0 Å². The molecule has 0 aliphatic heterocycles. The van der Waals surface area contributed by atoms with Crippen molar-refractivity contribution in [1.82, 2.24) is 4.72 Å². The first-order valence-corrected chi connectivity index (χ1v) is 8.36. The number of phenolic OH excluding ortho intramolecular Hbond substituents is 1. The molecule has 2 rings (SSSR count). The van der Waals surface area contributed by atoms with Crippen LogP contribution in [0.1, 0.15) is 4.88 Å². The molecule has 0 fully saturated rings. The summed E-state index contributed by atoms with van der Waals surface area (Å²) < 4.78 is 27.4. The van der Waals surface area contributed by atoms with Gasteiger partial charge in [0.1, 0.15) is 5.75 Å². The summed E-state index contributed by atoms with van der Waals surface area (Å²) in [6, 6.07) is 5.64. The molecule has 4 N–H and O–H groups in total. The number of phenols is 1. The second kappa shape index (κ2) is 5.49. The van der Waals surface area contributed by atoms with Gasteiger partial charge in [-0.2, -0.15) is 0 Å². The molecule has 5 nitrogen and oxygen atoms in total. The van der Waals surface area contributed by atoms with Gasteiger partial charge in [-0.05, 0) is 45.6 Å². The normalized spacial score (nSPS) is 11.6. The van der Waals surface area contributed by atoms with Gasteiger partial charge in [0.2, 0.25) is 10.0 Å². The van der Waals surface area contributed by atoms with Crippen molar-refractivity contribution in [3.8, 4) is 5.75 Å². The van der Waals surface area contributed by atoms with E-state index in [2.05, 4.69) is 20.7 Å². The van der Waals surface area contributed by atoms with Gasteiger partial charge in [-0.25, -0.2) is 13.1 Å². The van der Waals surface area contributed by atoms with Gasteiger partial charge in [-0.3, -0.25) is 0 Å². The van der Waals surface area contributed by atoms with Crippen molar-refractivity contribution in [3.63, 3.8) is 0 Å². The largest absolute Gasteiger partial charge is 0.506 e. The van der Waals surface area contributed by atoms with E-state index in [-0.39, 0.29) is 22.9 Å².